The topological polar surface area (TPSA) is 65.1 Å². The molecule has 5 nitrogen and oxygen atoms in total. The van der Waals surface area contributed by atoms with Gasteiger partial charge in [-0.25, -0.2) is 5.43 Å². The van der Waals surface area contributed by atoms with Crippen molar-refractivity contribution < 1.29 is 4.74 Å². The fourth-order valence-corrected chi connectivity index (χ4v) is 2.38. The van der Waals surface area contributed by atoms with Gasteiger partial charge < -0.3 is 4.74 Å². The van der Waals surface area contributed by atoms with Crippen molar-refractivity contribution in [1.29, 1.82) is 0 Å². The molecular weight excluding hydrogens is 264 g/mol. The fraction of sp³-hybridized carbons (Fsp3) is 0.438. The Kier molecular flexibility index (Phi) is 5.36. The third-order valence-electron chi connectivity index (χ3n) is 3.48. The van der Waals surface area contributed by atoms with Crippen molar-refractivity contribution in [2.24, 2.45) is 12.9 Å². The maximum Gasteiger partial charge on any atom is 0.124 e. The molecule has 0 spiro atoms. The molecule has 1 aromatic carbocycles. The highest BCUT2D eigenvalue weighted by atomic mass is 16.5. The lowest BCUT2D eigenvalue weighted by atomic mass is 10.0. The quantitative estimate of drug-likeness (QED) is 0.606. The van der Waals surface area contributed by atoms with E-state index in [2.05, 4.69) is 30.4 Å². The smallest absolute Gasteiger partial charge is 0.124 e. The van der Waals surface area contributed by atoms with Crippen molar-refractivity contribution in [3.63, 3.8) is 0 Å². The number of nitrogens with zero attached hydrogens (tertiary/aromatic N) is 2. The van der Waals surface area contributed by atoms with Crippen LogP contribution in [0.15, 0.2) is 30.3 Å². The minimum atomic E-state index is -0.143. The number of benzene rings is 1. The van der Waals surface area contributed by atoms with E-state index in [0.29, 0.717) is 6.61 Å². The summed E-state index contributed by atoms with van der Waals surface area (Å²) in [6.45, 7) is 4.88. The molecule has 0 amide bonds. The maximum absolute atomic E-state index is 5.84. The van der Waals surface area contributed by atoms with Gasteiger partial charge in [0, 0.05) is 12.6 Å². The Morgan fingerprint density at radius 2 is 2.10 bits per heavy atom. The van der Waals surface area contributed by atoms with Crippen molar-refractivity contribution in [1.82, 2.24) is 15.2 Å². The molecule has 2 aromatic rings. The number of hydrazine groups is 1. The van der Waals surface area contributed by atoms with Gasteiger partial charge in [-0.05, 0) is 25.0 Å². The normalized spacial score (nSPS) is 12.4. The van der Waals surface area contributed by atoms with Crippen LogP contribution in [0.3, 0.4) is 0 Å². The average molecular weight is 288 g/mol. The van der Waals surface area contributed by atoms with Crippen molar-refractivity contribution >= 4 is 0 Å². The van der Waals surface area contributed by atoms with Gasteiger partial charge in [0.15, 0.2) is 0 Å². The van der Waals surface area contributed by atoms with Gasteiger partial charge in [-0.15, -0.1) is 0 Å². The Hall–Kier alpha value is -1.85. The molecule has 0 radical (unpaired) electrons. The lowest BCUT2D eigenvalue weighted by Crippen LogP contribution is -2.30. The fourth-order valence-electron chi connectivity index (χ4n) is 2.38. The van der Waals surface area contributed by atoms with Gasteiger partial charge in [-0.1, -0.05) is 32.0 Å². The first-order chi connectivity index (χ1) is 10.2. The number of para-hydroxylation sites is 1. The minimum absolute atomic E-state index is 0.143. The summed E-state index contributed by atoms with van der Waals surface area (Å²) in [6, 6.07) is 9.93. The van der Waals surface area contributed by atoms with E-state index in [0.717, 1.165) is 35.5 Å². The summed E-state index contributed by atoms with van der Waals surface area (Å²) in [5.41, 5.74) is 6.00. The lowest BCUT2D eigenvalue weighted by molar-refractivity contribution is 0.311. The van der Waals surface area contributed by atoms with Gasteiger partial charge in [0.1, 0.15) is 5.75 Å². The maximum atomic E-state index is 5.84. The molecule has 0 aliphatic heterocycles. The zero-order valence-electron chi connectivity index (χ0n) is 13.0. The monoisotopic (exact) mass is 288 g/mol. The average Bonchev–Trinajstić information content (AvgIpc) is 2.88. The summed E-state index contributed by atoms with van der Waals surface area (Å²) in [5, 5.41) is 4.50. The molecule has 0 fully saturated rings. The Bertz CT molecular complexity index is 579. The molecule has 21 heavy (non-hydrogen) atoms. The van der Waals surface area contributed by atoms with E-state index >= 15 is 0 Å². The number of nitrogens with two attached hydrogens (primary N) is 1. The highest BCUT2D eigenvalue weighted by Gasteiger charge is 2.20. The first-order valence-corrected chi connectivity index (χ1v) is 7.41. The van der Waals surface area contributed by atoms with Crippen molar-refractivity contribution in [3.8, 4) is 5.75 Å². The van der Waals surface area contributed by atoms with Crippen LogP contribution >= 0.6 is 0 Å². The number of ether oxygens (including phenoxy) is 1. The van der Waals surface area contributed by atoms with E-state index in [1.807, 2.05) is 36.0 Å². The minimum Gasteiger partial charge on any atom is -0.493 e. The summed E-state index contributed by atoms with van der Waals surface area (Å²) >= 11 is 0. The summed E-state index contributed by atoms with van der Waals surface area (Å²) in [4.78, 5) is 0. The third-order valence-corrected chi connectivity index (χ3v) is 3.48. The van der Waals surface area contributed by atoms with E-state index in [9.17, 15) is 0 Å². The predicted molar refractivity (Wildman–Crippen MR) is 84.0 cm³/mol. The van der Waals surface area contributed by atoms with E-state index in [4.69, 9.17) is 10.6 Å². The number of hydrogen-bond donors (Lipinski definition) is 2. The zero-order chi connectivity index (χ0) is 15.2. The molecule has 1 heterocycles. The van der Waals surface area contributed by atoms with Gasteiger partial charge in [-0.2, -0.15) is 5.10 Å². The van der Waals surface area contributed by atoms with Gasteiger partial charge >= 0.3 is 0 Å². The molecule has 0 aliphatic carbocycles. The van der Waals surface area contributed by atoms with Crippen LogP contribution in [0.25, 0.3) is 0 Å². The summed E-state index contributed by atoms with van der Waals surface area (Å²) in [5.74, 6) is 6.67. The highest BCUT2D eigenvalue weighted by Crippen LogP contribution is 2.29. The molecule has 0 aliphatic rings. The summed E-state index contributed by atoms with van der Waals surface area (Å²) in [7, 11) is 1.94. The van der Waals surface area contributed by atoms with Crippen LogP contribution in [0.4, 0.5) is 0 Å². The molecule has 114 valence electrons. The molecule has 2 rings (SSSR count). The molecule has 1 aromatic heterocycles. The van der Waals surface area contributed by atoms with Crippen LogP contribution in [-0.2, 0) is 13.5 Å². The van der Waals surface area contributed by atoms with E-state index < -0.39 is 0 Å². The molecule has 3 N–H and O–H groups in total. The Morgan fingerprint density at radius 3 is 2.71 bits per heavy atom. The number of hydrogen-bond acceptors (Lipinski definition) is 4. The number of aromatic nitrogens is 2. The Morgan fingerprint density at radius 1 is 1.33 bits per heavy atom. The van der Waals surface area contributed by atoms with Gasteiger partial charge in [0.2, 0.25) is 0 Å². The number of nitrogens with one attached hydrogen (secondary N) is 1. The van der Waals surface area contributed by atoms with Gasteiger partial charge in [-0.3, -0.25) is 10.5 Å². The molecule has 0 saturated carbocycles. The third kappa shape index (κ3) is 3.43. The number of rotatable bonds is 7. The van der Waals surface area contributed by atoms with Gasteiger partial charge in [0.25, 0.3) is 0 Å². The second-order valence-electron chi connectivity index (χ2n) is 5.02. The molecule has 5 heteroatoms. The van der Waals surface area contributed by atoms with Crippen LogP contribution in [0.5, 0.6) is 5.75 Å². The van der Waals surface area contributed by atoms with E-state index in [1.165, 1.54) is 0 Å². The van der Waals surface area contributed by atoms with Crippen LogP contribution in [0.1, 0.15) is 43.3 Å². The summed E-state index contributed by atoms with van der Waals surface area (Å²) in [6.07, 6.45) is 1.87. The van der Waals surface area contributed by atoms with Crippen molar-refractivity contribution in [2.45, 2.75) is 32.7 Å². The molecule has 1 atom stereocenters. The van der Waals surface area contributed by atoms with Crippen LogP contribution in [0, 0.1) is 0 Å². The van der Waals surface area contributed by atoms with Crippen LogP contribution in [-0.4, -0.2) is 16.4 Å². The second-order valence-corrected chi connectivity index (χ2v) is 5.02. The van der Waals surface area contributed by atoms with E-state index in [1.54, 1.807) is 0 Å². The first-order valence-electron chi connectivity index (χ1n) is 7.41. The van der Waals surface area contributed by atoms with Crippen molar-refractivity contribution in [2.75, 3.05) is 6.61 Å². The largest absolute Gasteiger partial charge is 0.493 e. The Labute approximate surface area is 126 Å². The highest BCUT2D eigenvalue weighted by molar-refractivity contribution is 5.40. The van der Waals surface area contributed by atoms with E-state index in [-0.39, 0.29) is 6.04 Å². The molecule has 0 saturated heterocycles. The predicted octanol–water partition coefficient (Wildman–Crippen LogP) is 2.32. The SMILES string of the molecule is CCCOc1ccccc1C(NN)c1cc(CC)nn1C. The van der Waals surface area contributed by atoms with Crippen LogP contribution in [0.2, 0.25) is 0 Å². The van der Waals surface area contributed by atoms with Crippen molar-refractivity contribution in [3.05, 3.63) is 47.3 Å². The lowest BCUT2D eigenvalue weighted by Gasteiger charge is -2.20. The molecule has 0 bridgehead atoms. The zero-order valence-corrected chi connectivity index (χ0v) is 13.0. The summed E-state index contributed by atoms with van der Waals surface area (Å²) < 4.78 is 7.71. The molecular formula is C16H24N4O. The Balaban J connectivity index is 2.38. The van der Waals surface area contributed by atoms with Gasteiger partial charge in [0.05, 0.1) is 24.0 Å². The van der Waals surface area contributed by atoms with Crippen LogP contribution < -0.4 is 16.0 Å². The molecule has 1 unspecified atom stereocenters. The number of aryl methyl sites for hydroxylation is 2. The standard InChI is InChI=1S/C16H24N4O/c1-4-10-21-15-9-7-6-8-13(15)16(18-17)14-11-12(5-2)19-20(14)3/h6-9,11,16,18H,4-5,10,17H2,1-3H3. The first kappa shape index (κ1) is 15.5. The second kappa shape index (κ2) is 7.24.